The molecule has 1 saturated heterocycles. The van der Waals surface area contributed by atoms with Gasteiger partial charge in [-0.1, -0.05) is 30.7 Å². The number of aromatic nitrogens is 1. The summed E-state index contributed by atoms with van der Waals surface area (Å²) in [6.07, 6.45) is 1.64. The maximum absolute atomic E-state index is 13.3. The average molecular weight is 495 g/mol. The number of hydrogen-bond donors (Lipinski definition) is 3. The van der Waals surface area contributed by atoms with Crippen molar-refractivity contribution in [2.24, 2.45) is 5.92 Å². The van der Waals surface area contributed by atoms with Crippen molar-refractivity contribution < 1.29 is 28.6 Å². The number of imide groups is 1. The highest BCUT2D eigenvalue weighted by Crippen LogP contribution is 2.26. The molecule has 0 saturated carbocycles. The van der Waals surface area contributed by atoms with Crippen molar-refractivity contribution in [3.63, 3.8) is 0 Å². The smallest absolute Gasteiger partial charge is 0.357 e. The van der Waals surface area contributed by atoms with Gasteiger partial charge in [-0.3, -0.25) is 9.69 Å². The van der Waals surface area contributed by atoms with E-state index in [1.165, 1.54) is 7.11 Å². The molecule has 0 unspecified atom stereocenters. The summed E-state index contributed by atoms with van der Waals surface area (Å²) in [5.41, 5.74) is 0.454. The van der Waals surface area contributed by atoms with E-state index in [4.69, 9.17) is 38.1 Å². The van der Waals surface area contributed by atoms with Gasteiger partial charge in [0.25, 0.3) is 0 Å². The molecule has 1 fully saturated rings. The third-order valence-electron chi connectivity index (χ3n) is 5.16. The Morgan fingerprint density at radius 3 is 2.88 bits per heavy atom. The largest absolute Gasteiger partial charge is 0.496 e. The van der Waals surface area contributed by atoms with E-state index in [2.05, 4.69) is 15.6 Å². The van der Waals surface area contributed by atoms with Crippen LogP contribution in [0.1, 0.15) is 41.3 Å². The number of carbonyl (C=O) groups excluding carboxylic acids is 2. The fraction of sp³-hybridized carbons (Fsp3) is 0.381. The van der Waals surface area contributed by atoms with Gasteiger partial charge in [0.05, 0.1) is 24.6 Å². The van der Waals surface area contributed by atoms with Crippen LogP contribution < -0.4 is 15.4 Å². The van der Waals surface area contributed by atoms with Gasteiger partial charge in [0.2, 0.25) is 11.8 Å². The number of carboxylic acids is 1. The standard InChI is InChI=1S/C21H23ClN4O6S/c1-3-14(18-24-15(10-32-18)20(28)29)25-21(30)26-9-17(33)23-8-12(19(26)27)6-11-7-13(22)4-5-16(11)31-2/h4-5,7,10,12,14H,3,6,8-9H2,1-2H3,(H,23,33)(H,25,30)(H,28,29)/t12-,14-/m1/s1. The van der Waals surface area contributed by atoms with E-state index in [-0.39, 0.29) is 31.1 Å². The minimum atomic E-state index is -1.25. The molecule has 0 bridgehead atoms. The predicted molar refractivity (Wildman–Crippen MR) is 123 cm³/mol. The summed E-state index contributed by atoms with van der Waals surface area (Å²) < 4.78 is 10.6. The summed E-state index contributed by atoms with van der Waals surface area (Å²) in [5, 5.41) is 15.2. The number of carboxylic acid groups (broad SMARTS) is 1. The third kappa shape index (κ3) is 5.79. The van der Waals surface area contributed by atoms with Gasteiger partial charge < -0.3 is 24.9 Å². The lowest BCUT2D eigenvalue weighted by Gasteiger charge is -2.24. The first kappa shape index (κ1) is 24.5. The number of carbonyl (C=O) groups is 3. The molecule has 1 aromatic heterocycles. The molecule has 2 atom stereocenters. The second kappa shape index (κ2) is 10.6. The first-order valence-electron chi connectivity index (χ1n) is 10.1. The van der Waals surface area contributed by atoms with E-state index < -0.39 is 29.9 Å². The molecule has 176 valence electrons. The number of rotatable bonds is 7. The van der Waals surface area contributed by atoms with Crippen LogP contribution in [-0.2, 0) is 11.2 Å². The zero-order chi connectivity index (χ0) is 24.1. The molecular weight excluding hydrogens is 472 g/mol. The fourth-order valence-electron chi connectivity index (χ4n) is 3.44. The highest BCUT2D eigenvalue weighted by molar-refractivity contribution is 7.80. The van der Waals surface area contributed by atoms with Crippen molar-refractivity contribution >= 4 is 46.7 Å². The van der Waals surface area contributed by atoms with Crippen molar-refractivity contribution in [2.45, 2.75) is 25.8 Å². The lowest BCUT2D eigenvalue weighted by molar-refractivity contribution is -0.131. The van der Waals surface area contributed by atoms with Crippen LogP contribution in [0.15, 0.2) is 28.9 Å². The Morgan fingerprint density at radius 2 is 2.24 bits per heavy atom. The van der Waals surface area contributed by atoms with Gasteiger partial charge in [-0.25, -0.2) is 14.6 Å². The van der Waals surface area contributed by atoms with E-state index in [1.54, 1.807) is 25.1 Å². The number of nitrogens with one attached hydrogen (secondary N) is 2. The number of ether oxygens (including phenoxy) is 1. The van der Waals surface area contributed by atoms with E-state index >= 15 is 0 Å². The Hall–Kier alpha value is -3.18. The van der Waals surface area contributed by atoms with Crippen molar-refractivity contribution in [2.75, 3.05) is 20.2 Å². The van der Waals surface area contributed by atoms with Crippen LogP contribution in [0, 0.1) is 5.92 Å². The molecule has 0 radical (unpaired) electrons. The van der Waals surface area contributed by atoms with Gasteiger partial charge in [0, 0.05) is 11.6 Å². The van der Waals surface area contributed by atoms with Crippen molar-refractivity contribution in [1.29, 1.82) is 0 Å². The van der Waals surface area contributed by atoms with E-state index in [0.717, 1.165) is 16.7 Å². The zero-order valence-corrected chi connectivity index (χ0v) is 19.5. The third-order valence-corrected chi connectivity index (χ3v) is 5.67. The highest BCUT2D eigenvalue weighted by atomic mass is 35.5. The normalized spacial score (nSPS) is 17.2. The van der Waals surface area contributed by atoms with Gasteiger partial charge in [-0.2, -0.15) is 0 Å². The maximum atomic E-state index is 13.3. The summed E-state index contributed by atoms with van der Waals surface area (Å²) in [7, 11) is 1.53. The monoisotopic (exact) mass is 494 g/mol. The molecule has 3 rings (SSSR count). The summed E-state index contributed by atoms with van der Waals surface area (Å²) in [5.74, 6) is -1.66. The van der Waals surface area contributed by atoms with Gasteiger partial charge in [0.1, 0.15) is 18.1 Å². The number of aromatic carboxylic acids is 1. The summed E-state index contributed by atoms with van der Waals surface area (Å²) in [6, 6.07) is 3.71. The minimum Gasteiger partial charge on any atom is -0.496 e. The average Bonchev–Trinajstić information content (AvgIpc) is 3.23. The number of methoxy groups -OCH3 is 1. The van der Waals surface area contributed by atoms with Crippen LogP contribution in [0.5, 0.6) is 5.75 Å². The highest BCUT2D eigenvalue weighted by Gasteiger charge is 2.34. The van der Waals surface area contributed by atoms with Crippen LogP contribution in [-0.4, -0.2) is 58.1 Å². The van der Waals surface area contributed by atoms with Gasteiger partial charge >= 0.3 is 12.0 Å². The van der Waals surface area contributed by atoms with Crippen LogP contribution in [0.3, 0.4) is 0 Å². The zero-order valence-electron chi connectivity index (χ0n) is 18.0. The number of amides is 3. The van der Waals surface area contributed by atoms with Crippen molar-refractivity contribution in [3.05, 3.63) is 46.6 Å². The van der Waals surface area contributed by atoms with E-state index in [0.29, 0.717) is 22.2 Å². The lowest BCUT2D eigenvalue weighted by Crippen LogP contribution is -2.48. The van der Waals surface area contributed by atoms with Crippen LogP contribution in [0.25, 0.3) is 0 Å². The number of urea groups is 1. The number of nitrogens with zero attached hydrogens (tertiary/aromatic N) is 2. The Morgan fingerprint density at radius 1 is 1.48 bits per heavy atom. The summed E-state index contributed by atoms with van der Waals surface area (Å²) >= 11 is 11.4. The first-order chi connectivity index (χ1) is 15.7. The van der Waals surface area contributed by atoms with E-state index in [9.17, 15) is 14.4 Å². The number of oxazole rings is 1. The minimum absolute atomic E-state index is 0.0337. The molecule has 1 aliphatic rings. The molecule has 1 aliphatic heterocycles. The predicted octanol–water partition coefficient (Wildman–Crippen LogP) is 2.81. The fourth-order valence-corrected chi connectivity index (χ4v) is 3.84. The first-order valence-corrected chi connectivity index (χ1v) is 10.9. The number of thiocarbonyl (C=S) groups is 1. The van der Waals surface area contributed by atoms with Crippen LogP contribution >= 0.6 is 23.8 Å². The van der Waals surface area contributed by atoms with Crippen molar-refractivity contribution in [3.8, 4) is 5.75 Å². The van der Waals surface area contributed by atoms with Crippen LogP contribution in [0.2, 0.25) is 5.02 Å². The molecule has 33 heavy (non-hydrogen) atoms. The topological polar surface area (TPSA) is 134 Å². The molecule has 10 nitrogen and oxygen atoms in total. The molecule has 2 heterocycles. The number of benzene rings is 1. The summed E-state index contributed by atoms with van der Waals surface area (Å²) in [6.45, 7) is 1.92. The quantitative estimate of drug-likeness (QED) is 0.496. The Bertz CT molecular complexity index is 1070. The van der Waals surface area contributed by atoms with Gasteiger partial charge in [-0.15, -0.1) is 0 Å². The SMILES string of the molecule is CC[C@@H](NC(=O)N1CC(=S)NC[C@@H](Cc2cc(Cl)ccc2OC)C1=O)c1nc(C(=O)O)co1. The van der Waals surface area contributed by atoms with Crippen molar-refractivity contribution in [1.82, 2.24) is 20.5 Å². The lowest BCUT2D eigenvalue weighted by atomic mass is 9.97. The Balaban J connectivity index is 1.79. The molecule has 3 N–H and O–H groups in total. The molecule has 0 spiro atoms. The second-order valence-electron chi connectivity index (χ2n) is 7.37. The number of hydrogen-bond acceptors (Lipinski definition) is 7. The molecule has 0 aliphatic carbocycles. The molecule has 2 aromatic rings. The maximum Gasteiger partial charge on any atom is 0.357 e. The molecular formula is C21H23ClN4O6S. The van der Waals surface area contributed by atoms with E-state index in [1.807, 2.05) is 0 Å². The second-order valence-corrected chi connectivity index (χ2v) is 8.30. The van der Waals surface area contributed by atoms with Gasteiger partial charge in [-0.05, 0) is 36.6 Å². The summed E-state index contributed by atoms with van der Waals surface area (Å²) in [4.78, 5) is 42.7. The van der Waals surface area contributed by atoms with Crippen LogP contribution in [0.4, 0.5) is 4.79 Å². The van der Waals surface area contributed by atoms with Gasteiger partial charge in [0.15, 0.2) is 5.69 Å². The Labute approximate surface area is 200 Å². The number of halogens is 1. The molecule has 3 amide bonds. The molecule has 12 heteroatoms. The Kier molecular flexibility index (Phi) is 7.88. The molecule has 1 aromatic carbocycles.